The molecule has 0 radical (unpaired) electrons. The molecule has 6 nitrogen and oxygen atoms in total. The number of halogens is 3. The number of nitriles is 1. The summed E-state index contributed by atoms with van der Waals surface area (Å²) in [7, 11) is 0. The molecule has 0 N–H and O–H groups in total. The third kappa shape index (κ3) is 4.74. The van der Waals surface area contributed by atoms with Gasteiger partial charge < -0.3 is 4.90 Å². The van der Waals surface area contributed by atoms with Crippen LogP contribution in [0.2, 0.25) is 0 Å². The summed E-state index contributed by atoms with van der Waals surface area (Å²) >= 11 is 0. The Kier molecular flexibility index (Phi) is 6.57. The van der Waals surface area contributed by atoms with Crippen LogP contribution in [-0.2, 0) is 5.92 Å². The first-order valence-corrected chi connectivity index (χ1v) is 11.3. The Morgan fingerprint density at radius 1 is 1.17 bits per heavy atom. The molecule has 1 atom stereocenters. The second kappa shape index (κ2) is 9.45. The highest BCUT2D eigenvalue weighted by atomic mass is 19.3. The number of nitrogens with zero attached hydrogens (tertiary/aromatic N) is 5. The molecule has 1 aromatic carbocycles. The van der Waals surface area contributed by atoms with Crippen molar-refractivity contribution >= 4 is 5.91 Å². The third-order valence-corrected chi connectivity index (χ3v) is 6.83. The zero-order valence-corrected chi connectivity index (χ0v) is 19.4. The van der Waals surface area contributed by atoms with Gasteiger partial charge in [-0.2, -0.15) is 5.26 Å². The van der Waals surface area contributed by atoms with Gasteiger partial charge in [-0.15, -0.1) is 0 Å². The van der Waals surface area contributed by atoms with Crippen molar-refractivity contribution in [1.29, 1.82) is 5.26 Å². The Labute approximate surface area is 201 Å². The number of likely N-dealkylation sites (tertiary alicyclic amines) is 1. The highest BCUT2D eigenvalue weighted by Crippen LogP contribution is 2.45. The summed E-state index contributed by atoms with van der Waals surface area (Å²) < 4.78 is 42.0. The molecule has 3 heterocycles. The molecule has 0 bridgehead atoms. The molecule has 180 valence electrons. The van der Waals surface area contributed by atoms with Gasteiger partial charge in [-0.25, -0.2) is 23.1 Å². The van der Waals surface area contributed by atoms with Gasteiger partial charge >= 0.3 is 0 Å². The van der Waals surface area contributed by atoms with Crippen LogP contribution in [-0.4, -0.2) is 38.8 Å². The van der Waals surface area contributed by atoms with Gasteiger partial charge in [-0.1, -0.05) is 19.1 Å². The summed E-state index contributed by atoms with van der Waals surface area (Å²) in [4.78, 5) is 27.4. The molecule has 0 unspecified atom stereocenters. The molecule has 2 aromatic heterocycles. The fourth-order valence-electron chi connectivity index (χ4n) is 4.58. The summed E-state index contributed by atoms with van der Waals surface area (Å²) in [6, 6.07) is 10.8. The molecule has 1 fully saturated rings. The van der Waals surface area contributed by atoms with E-state index in [0.29, 0.717) is 49.8 Å². The number of rotatable bonds is 5. The lowest BCUT2D eigenvalue weighted by molar-refractivity contribution is 0.0171. The molecular weight excluding hydrogens is 455 g/mol. The van der Waals surface area contributed by atoms with Crippen molar-refractivity contribution < 1.29 is 18.0 Å². The van der Waals surface area contributed by atoms with E-state index in [-0.39, 0.29) is 11.5 Å². The Morgan fingerprint density at radius 2 is 1.91 bits per heavy atom. The van der Waals surface area contributed by atoms with Crippen molar-refractivity contribution in [1.82, 2.24) is 19.9 Å². The predicted octanol–water partition coefficient (Wildman–Crippen LogP) is 5.34. The number of carbonyl (C=O) groups is 1. The average molecular weight is 480 g/mol. The highest BCUT2D eigenvalue weighted by molar-refractivity contribution is 5.99. The Balaban J connectivity index is 1.54. The van der Waals surface area contributed by atoms with E-state index in [2.05, 4.69) is 21.0 Å². The molecule has 1 amide bonds. The Bertz CT molecular complexity index is 1260. The summed E-state index contributed by atoms with van der Waals surface area (Å²) in [6.07, 6.45) is 5.19. The molecule has 4 rings (SSSR count). The topological polar surface area (TPSA) is 82.8 Å². The van der Waals surface area contributed by atoms with Crippen molar-refractivity contribution in [2.24, 2.45) is 5.41 Å². The van der Waals surface area contributed by atoms with Crippen molar-refractivity contribution in [2.75, 3.05) is 13.1 Å². The van der Waals surface area contributed by atoms with Crippen LogP contribution in [0.1, 0.15) is 54.1 Å². The van der Waals surface area contributed by atoms with Gasteiger partial charge in [0.2, 0.25) is 0 Å². The van der Waals surface area contributed by atoms with Gasteiger partial charge in [0.25, 0.3) is 11.8 Å². The van der Waals surface area contributed by atoms with E-state index in [1.165, 1.54) is 18.5 Å². The normalized spacial score (nSPS) is 16.4. The van der Waals surface area contributed by atoms with E-state index in [4.69, 9.17) is 0 Å². The van der Waals surface area contributed by atoms with Crippen LogP contribution < -0.4 is 0 Å². The van der Waals surface area contributed by atoms with Crippen LogP contribution in [0.5, 0.6) is 0 Å². The van der Waals surface area contributed by atoms with Crippen LogP contribution in [0.25, 0.3) is 11.4 Å². The van der Waals surface area contributed by atoms with Crippen molar-refractivity contribution in [2.45, 2.75) is 38.5 Å². The summed E-state index contributed by atoms with van der Waals surface area (Å²) in [5, 5.41) is 10.1. The van der Waals surface area contributed by atoms with Gasteiger partial charge in [0.1, 0.15) is 17.8 Å². The molecule has 35 heavy (non-hydrogen) atoms. The quantitative estimate of drug-likeness (QED) is 0.493. The van der Waals surface area contributed by atoms with Crippen molar-refractivity contribution in [3.8, 4) is 17.5 Å². The zero-order valence-electron chi connectivity index (χ0n) is 19.4. The molecular formula is C26H24F3N5O. The monoisotopic (exact) mass is 479 g/mol. The first-order valence-electron chi connectivity index (χ1n) is 11.3. The molecule has 3 aromatic rings. The first kappa shape index (κ1) is 24.3. The number of alkyl halides is 2. The molecule has 0 spiro atoms. The number of pyridine rings is 1. The van der Waals surface area contributed by atoms with E-state index in [1.807, 2.05) is 0 Å². The van der Waals surface area contributed by atoms with Crippen LogP contribution >= 0.6 is 0 Å². The lowest BCUT2D eigenvalue weighted by atomic mass is 9.67. The highest BCUT2D eigenvalue weighted by Gasteiger charge is 2.43. The standard InChI is InChI=1S/C26H24F3N5O/c1-17(19-6-5-18(14-21(19)27)25(2,28)29)26(15-30)8-12-34(13-9-26)24(35)20-4-3-10-32-23(20)22-7-11-31-16-33-22/h3-7,10-11,14,16-17H,8-9,12-13H2,1-2H3/t17-/m0/s1. The van der Waals surface area contributed by atoms with Gasteiger partial charge in [0.05, 0.1) is 22.7 Å². The number of amides is 1. The van der Waals surface area contributed by atoms with Crippen LogP contribution in [0.4, 0.5) is 13.2 Å². The van der Waals surface area contributed by atoms with E-state index >= 15 is 0 Å². The van der Waals surface area contributed by atoms with Gasteiger partial charge in [-0.05, 0) is 42.7 Å². The Hall–Kier alpha value is -3.80. The fraction of sp³-hybridized carbons (Fsp3) is 0.346. The smallest absolute Gasteiger partial charge is 0.270 e. The number of carbonyl (C=O) groups excluding carboxylic acids is 1. The summed E-state index contributed by atoms with van der Waals surface area (Å²) in [5.74, 6) is -4.68. The molecule has 1 aliphatic rings. The lowest BCUT2D eigenvalue weighted by Crippen LogP contribution is -2.45. The minimum absolute atomic E-state index is 0.220. The zero-order chi connectivity index (χ0) is 25.2. The molecule has 9 heteroatoms. The second-order valence-electron chi connectivity index (χ2n) is 8.90. The average Bonchev–Trinajstić information content (AvgIpc) is 2.88. The number of hydrogen-bond acceptors (Lipinski definition) is 5. The van der Waals surface area contributed by atoms with E-state index < -0.39 is 28.6 Å². The second-order valence-corrected chi connectivity index (χ2v) is 8.90. The SMILES string of the molecule is C[C@@H](c1ccc(C(C)(F)F)cc1F)C1(C#N)CCN(C(=O)c2cccnc2-c2ccncn2)CC1. The predicted molar refractivity (Wildman–Crippen MR) is 123 cm³/mol. The number of benzene rings is 1. The molecule has 1 aliphatic heterocycles. The fourth-order valence-corrected chi connectivity index (χ4v) is 4.58. The maximum Gasteiger partial charge on any atom is 0.270 e. The van der Waals surface area contributed by atoms with Gasteiger partial charge in [0, 0.05) is 43.9 Å². The molecule has 0 saturated carbocycles. The maximum absolute atomic E-state index is 14.8. The first-order chi connectivity index (χ1) is 16.7. The lowest BCUT2D eigenvalue weighted by Gasteiger charge is -2.41. The minimum atomic E-state index is -3.15. The van der Waals surface area contributed by atoms with Crippen LogP contribution in [0, 0.1) is 22.6 Å². The van der Waals surface area contributed by atoms with E-state index in [0.717, 1.165) is 6.07 Å². The third-order valence-electron chi connectivity index (χ3n) is 6.83. The number of hydrogen-bond donors (Lipinski definition) is 0. The van der Waals surface area contributed by atoms with E-state index in [9.17, 15) is 23.2 Å². The van der Waals surface area contributed by atoms with E-state index in [1.54, 1.807) is 42.4 Å². The summed E-state index contributed by atoms with van der Waals surface area (Å²) in [6.45, 7) is 3.03. The Morgan fingerprint density at radius 3 is 2.51 bits per heavy atom. The van der Waals surface area contributed by atoms with Gasteiger partial charge in [-0.3, -0.25) is 9.78 Å². The van der Waals surface area contributed by atoms with Gasteiger partial charge in [0.15, 0.2) is 0 Å². The number of piperidine rings is 1. The largest absolute Gasteiger partial charge is 0.338 e. The van der Waals surface area contributed by atoms with Crippen molar-refractivity contribution in [3.05, 3.63) is 77.6 Å². The minimum Gasteiger partial charge on any atom is -0.338 e. The maximum atomic E-state index is 14.8. The van der Waals surface area contributed by atoms with Crippen LogP contribution in [0.3, 0.4) is 0 Å². The van der Waals surface area contributed by atoms with Crippen LogP contribution in [0.15, 0.2) is 55.1 Å². The number of aromatic nitrogens is 3. The summed E-state index contributed by atoms with van der Waals surface area (Å²) in [5.41, 5.74) is 0.243. The molecule has 1 saturated heterocycles. The van der Waals surface area contributed by atoms with Crippen molar-refractivity contribution in [3.63, 3.8) is 0 Å². The molecule has 0 aliphatic carbocycles.